The molecule has 1 saturated heterocycles. The summed E-state index contributed by atoms with van der Waals surface area (Å²) in [6.07, 6.45) is 5.24. The summed E-state index contributed by atoms with van der Waals surface area (Å²) in [5, 5.41) is 6.95. The molecular weight excluding hydrogens is 318 g/mol. The molecule has 1 aliphatic heterocycles. The molecular formula is C16H18ClN3O3. The number of nitrogens with one attached hydrogen (secondary N) is 1. The number of carbonyl (C=O) groups is 1. The standard InChI is InChI=1S/C16H18ClN3O3/c17-15-8-13(23-20-15)1-2-16(21)19-14-10-22-9-12(14)7-11-3-5-18-6-4-11/h3-6,8,12,14H,1-2,7,9-10H2,(H,19,21)/t12-,14-/m1/s1. The van der Waals surface area contributed by atoms with Crippen LogP contribution >= 0.6 is 11.6 Å². The maximum absolute atomic E-state index is 12.1. The number of rotatable bonds is 6. The number of halogens is 1. The van der Waals surface area contributed by atoms with Gasteiger partial charge in [-0.05, 0) is 24.1 Å². The first-order chi connectivity index (χ1) is 11.2. The van der Waals surface area contributed by atoms with Crippen molar-refractivity contribution in [3.63, 3.8) is 0 Å². The lowest BCUT2D eigenvalue weighted by molar-refractivity contribution is -0.122. The topological polar surface area (TPSA) is 77.2 Å². The number of nitrogens with zero attached hydrogens (tertiary/aromatic N) is 2. The Labute approximate surface area is 139 Å². The highest BCUT2D eigenvalue weighted by molar-refractivity contribution is 6.29. The van der Waals surface area contributed by atoms with Crippen molar-refractivity contribution in [1.82, 2.24) is 15.5 Å². The number of hydrogen-bond donors (Lipinski definition) is 1. The SMILES string of the molecule is O=C(CCc1cc(Cl)no1)N[C@@H]1COC[C@H]1Cc1ccncc1. The van der Waals surface area contributed by atoms with Gasteiger partial charge in [-0.2, -0.15) is 0 Å². The van der Waals surface area contributed by atoms with Crippen LogP contribution in [0.5, 0.6) is 0 Å². The van der Waals surface area contributed by atoms with Gasteiger partial charge in [-0.3, -0.25) is 9.78 Å². The summed E-state index contributed by atoms with van der Waals surface area (Å²) in [5.74, 6) is 0.870. The van der Waals surface area contributed by atoms with Gasteiger partial charge in [0.05, 0.1) is 19.3 Å². The van der Waals surface area contributed by atoms with E-state index in [9.17, 15) is 4.79 Å². The lowest BCUT2D eigenvalue weighted by Crippen LogP contribution is -2.40. The van der Waals surface area contributed by atoms with E-state index in [1.54, 1.807) is 18.5 Å². The Kier molecular flexibility index (Phi) is 5.25. The van der Waals surface area contributed by atoms with Crippen molar-refractivity contribution in [2.24, 2.45) is 5.92 Å². The summed E-state index contributed by atoms with van der Waals surface area (Å²) < 4.78 is 10.5. The highest BCUT2D eigenvalue weighted by Gasteiger charge is 2.29. The third-order valence-corrected chi connectivity index (χ3v) is 4.10. The van der Waals surface area contributed by atoms with Crippen LogP contribution < -0.4 is 5.32 Å². The molecule has 0 aliphatic carbocycles. The smallest absolute Gasteiger partial charge is 0.220 e. The van der Waals surface area contributed by atoms with Gasteiger partial charge in [0, 0.05) is 37.2 Å². The molecule has 2 atom stereocenters. The van der Waals surface area contributed by atoms with Gasteiger partial charge in [-0.1, -0.05) is 16.8 Å². The van der Waals surface area contributed by atoms with Crippen molar-refractivity contribution in [2.75, 3.05) is 13.2 Å². The quantitative estimate of drug-likeness (QED) is 0.874. The minimum absolute atomic E-state index is 0.0206. The minimum Gasteiger partial charge on any atom is -0.379 e. The summed E-state index contributed by atoms with van der Waals surface area (Å²) >= 11 is 5.68. The van der Waals surface area contributed by atoms with Gasteiger partial charge in [0.2, 0.25) is 5.91 Å². The molecule has 0 unspecified atom stereocenters. The van der Waals surface area contributed by atoms with Crippen molar-refractivity contribution >= 4 is 17.5 Å². The first kappa shape index (κ1) is 16.0. The molecule has 0 radical (unpaired) electrons. The second-order valence-electron chi connectivity index (χ2n) is 5.65. The number of ether oxygens (including phenoxy) is 1. The molecule has 23 heavy (non-hydrogen) atoms. The van der Waals surface area contributed by atoms with E-state index in [2.05, 4.69) is 15.5 Å². The van der Waals surface area contributed by atoms with E-state index >= 15 is 0 Å². The fourth-order valence-corrected chi connectivity index (χ4v) is 2.86. The number of aryl methyl sites for hydroxylation is 1. The van der Waals surface area contributed by atoms with Crippen molar-refractivity contribution in [3.05, 3.63) is 47.1 Å². The molecule has 3 heterocycles. The first-order valence-corrected chi connectivity index (χ1v) is 7.95. The van der Waals surface area contributed by atoms with E-state index in [1.807, 2.05) is 12.1 Å². The second kappa shape index (κ2) is 7.57. The van der Waals surface area contributed by atoms with E-state index in [4.69, 9.17) is 20.9 Å². The van der Waals surface area contributed by atoms with E-state index in [0.29, 0.717) is 37.0 Å². The summed E-state index contributed by atoms with van der Waals surface area (Å²) in [4.78, 5) is 16.1. The molecule has 0 spiro atoms. The molecule has 0 bridgehead atoms. The maximum Gasteiger partial charge on any atom is 0.220 e. The number of hydrogen-bond acceptors (Lipinski definition) is 5. The summed E-state index contributed by atoms with van der Waals surface area (Å²) in [6, 6.07) is 5.64. The Hall–Kier alpha value is -1.92. The van der Waals surface area contributed by atoms with Crippen molar-refractivity contribution < 1.29 is 14.1 Å². The van der Waals surface area contributed by atoms with Gasteiger partial charge in [-0.25, -0.2) is 0 Å². The lowest BCUT2D eigenvalue weighted by atomic mass is 9.95. The number of aromatic nitrogens is 2. The fourth-order valence-electron chi connectivity index (χ4n) is 2.70. The largest absolute Gasteiger partial charge is 0.379 e. The maximum atomic E-state index is 12.1. The van der Waals surface area contributed by atoms with E-state index in [-0.39, 0.29) is 17.9 Å². The lowest BCUT2D eigenvalue weighted by Gasteiger charge is -2.19. The summed E-state index contributed by atoms with van der Waals surface area (Å²) in [5.41, 5.74) is 1.20. The van der Waals surface area contributed by atoms with Crippen LogP contribution in [-0.2, 0) is 22.4 Å². The van der Waals surface area contributed by atoms with Gasteiger partial charge in [0.15, 0.2) is 5.15 Å². The molecule has 1 amide bonds. The van der Waals surface area contributed by atoms with Crippen LogP contribution in [0.1, 0.15) is 17.7 Å². The highest BCUT2D eigenvalue weighted by atomic mass is 35.5. The van der Waals surface area contributed by atoms with Crippen molar-refractivity contribution in [1.29, 1.82) is 0 Å². The molecule has 122 valence electrons. The van der Waals surface area contributed by atoms with Gasteiger partial charge in [0.1, 0.15) is 5.76 Å². The summed E-state index contributed by atoms with van der Waals surface area (Å²) in [7, 11) is 0. The zero-order valence-corrected chi connectivity index (χ0v) is 13.3. The molecule has 3 rings (SSSR count). The van der Waals surface area contributed by atoms with E-state index in [1.165, 1.54) is 5.56 Å². The zero-order chi connectivity index (χ0) is 16.1. The van der Waals surface area contributed by atoms with Crippen molar-refractivity contribution in [3.8, 4) is 0 Å². The molecule has 1 aliphatic rings. The molecule has 0 aromatic carbocycles. The van der Waals surface area contributed by atoms with Crippen LogP contribution in [0.3, 0.4) is 0 Å². The molecule has 2 aromatic heterocycles. The highest BCUT2D eigenvalue weighted by Crippen LogP contribution is 2.19. The van der Waals surface area contributed by atoms with Gasteiger partial charge < -0.3 is 14.6 Å². The third-order valence-electron chi connectivity index (χ3n) is 3.92. The molecule has 7 heteroatoms. The Bertz CT molecular complexity index is 647. The molecule has 2 aromatic rings. The third kappa shape index (κ3) is 4.53. The van der Waals surface area contributed by atoms with Crippen LogP contribution in [0.2, 0.25) is 5.15 Å². The second-order valence-corrected chi connectivity index (χ2v) is 6.03. The average molecular weight is 336 g/mol. The molecule has 1 fully saturated rings. The Morgan fingerprint density at radius 3 is 2.91 bits per heavy atom. The van der Waals surface area contributed by atoms with Gasteiger partial charge in [-0.15, -0.1) is 0 Å². The predicted octanol–water partition coefficient (Wildman–Crippen LogP) is 2.03. The van der Waals surface area contributed by atoms with Crippen LogP contribution in [0.25, 0.3) is 0 Å². The first-order valence-electron chi connectivity index (χ1n) is 7.58. The molecule has 0 saturated carbocycles. The summed E-state index contributed by atoms with van der Waals surface area (Å²) in [6.45, 7) is 1.21. The van der Waals surface area contributed by atoms with Crippen LogP contribution in [0.15, 0.2) is 35.1 Å². The fraction of sp³-hybridized carbons (Fsp3) is 0.438. The Morgan fingerprint density at radius 2 is 2.17 bits per heavy atom. The number of pyridine rings is 1. The molecule has 6 nitrogen and oxygen atoms in total. The van der Waals surface area contributed by atoms with Crippen molar-refractivity contribution in [2.45, 2.75) is 25.3 Å². The van der Waals surface area contributed by atoms with Crippen LogP contribution in [0.4, 0.5) is 0 Å². The average Bonchev–Trinajstić information content (AvgIpc) is 3.16. The number of carbonyl (C=O) groups excluding carboxylic acids is 1. The van der Waals surface area contributed by atoms with Crippen LogP contribution in [-0.4, -0.2) is 35.3 Å². The minimum atomic E-state index is -0.0206. The Balaban J connectivity index is 1.48. The van der Waals surface area contributed by atoms with Gasteiger partial charge >= 0.3 is 0 Å². The van der Waals surface area contributed by atoms with Crippen LogP contribution in [0, 0.1) is 5.92 Å². The number of amides is 1. The normalized spacial score (nSPS) is 20.6. The predicted molar refractivity (Wildman–Crippen MR) is 84.0 cm³/mol. The van der Waals surface area contributed by atoms with Gasteiger partial charge in [0.25, 0.3) is 0 Å². The Morgan fingerprint density at radius 1 is 1.35 bits per heavy atom. The zero-order valence-electron chi connectivity index (χ0n) is 12.6. The van der Waals surface area contributed by atoms with E-state index < -0.39 is 0 Å². The monoisotopic (exact) mass is 335 g/mol. The molecule has 1 N–H and O–H groups in total. The van der Waals surface area contributed by atoms with E-state index in [0.717, 1.165) is 6.42 Å².